The fourth-order valence-corrected chi connectivity index (χ4v) is 3.74. The van der Waals surface area contributed by atoms with E-state index in [9.17, 15) is 13.2 Å². The van der Waals surface area contributed by atoms with E-state index in [2.05, 4.69) is 15.9 Å². The highest BCUT2D eigenvalue weighted by Crippen LogP contribution is 2.23. The predicted octanol–water partition coefficient (Wildman–Crippen LogP) is 3.43. The first-order valence-electron chi connectivity index (χ1n) is 6.11. The normalized spacial score (nSPS) is 11.3. The number of rotatable bonds is 4. The van der Waals surface area contributed by atoms with Crippen LogP contribution in [0.2, 0.25) is 0 Å². The van der Waals surface area contributed by atoms with Gasteiger partial charge in [0, 0.05) is 4.47 Å². The Morgan fingerprint density at radius 1 is 1.19 bits per heavy atom. The molecule has 0 heterocycles. The van der Waals surface area contributed by atoms with E-state index in [1.54, 1.807) is 18.2 Å². The molecule has 0 spiro atoms. The lowest BCUT2D eigenvalue weighted by Gasteiger charge is -2.07. The number of carbonyl (C=O) groups is 1. The molecule has 0 radical (unpaired) electrons. The van der Waals surface area contributed by atoms with Crippen LogP contribution in [-0.4, -0.2) is 19.5 Å². The third-order valence-electron chi connectivity index (χ3n) is 2.97. The quantitative estimate of drug-likeness (QED) is 0.896. The van der Waals surface area contributed by atoms with Crippen LogP contribution in [0.4, 0.5) is 0 Å². The number of aromatic carboxylic acids is 1. The van der Waals surface area contributed by atoms with Gasteiger partial charge in [-0.25, -0.2) is 13.2 Å². The summed E-state index contributed by atoms with van der Waals surface area (Å²) < 4.78 is 25.1. The molecule has 2 rings (SSSR count). The Morgan fingerprint density at radius 3 is 2.52 bits per heavy atom. The molecule has 0 aliphatic rings. The first-order valence-corrected chi connectivity index (χ1v) is 8.55. The molecule has 4 nitrogen and oxygen atoms in total. The first-order chi connectivity index (χ1) is 9.79. The molecule has 0 bridgehead atoms. The van der Waals surface area contributed by atoms with Crippen LogP contribution >= 0.6 is 15.9 Å². The van der Waals surface area contributed by atoms with E-state index in [0.29, 0.717) is 10.0 Å². The summed E-state index contributed by atoms with van der Waals surface area (Å²) in [7, 11) is -3.59. The summed E-state index contributed by atoms with van der Waals surface area (Å²) in [4.78, 5) is 11.1. The predicted molar refractivity (Wildman–Crippen MR) is 83.2 cm³/mol. The molecule has 0 saturated heterocycles. The third-order valence-corrected chi connectivity index (χ3v) is 5.34. The second-order valence-corrected chi connectivity index (χ2v) is 7.54. The molecule has 0 unspecified atom stereocenters. The Hall–Kier alpha value is -1.66. The lowest BCUT2D eigenvalue weighted by atomic mass is 10.2. The highest BCUT2D eigenvalue weighted by Gasteiger charge is 2.19. The maximum Gasteiger partial charge on any atom is 0.336 e. The number of carboxylic acid groups (broad SMARTS) is 1. The van der Waals surface area contributed by atoms with Crippen LogP contribution in [-0.2, 0) is 15.6 Å². The molecule has 2 aromatic rings. The average molecular weight is 369 g/mol. The van der Waals surface area contributed by atoms with Crippen molar-refractivity contribution in [2.24, 2.45) is 0 Å². The molecule has 0 fully saturated rings. The zero-order valence-electron chi connectivity index (χ0n) is 11.2. The molecule has 0 atom stereocenters. The highest BCUT2D eigenvalue weighted by atomic mass is 79.9. The van der Waals surface area contributed by atoms with Gasteiger partial charge in [0.05, 0.1) is 16.2 Å². The topological polar surface area (TPSA) is 71.4 Å². The van der Waals surface area contributed by atoms with E-state index in [-0.39, 0.29) is 16.2 Å². The highest BCUT2D eigenvalue weighted by molar-refractivity contribution is 9.10. The summed E-state index contributed by atoms with van der Waals surface area (Å²) in [5, 5.41) is 9.06. The van der Waals surface area contributed by atoms with Crippen molar-refractivity contribution < 1.29 is 18.3 Å². The van der Waals surface area contributed by atoms with E-state index >= 15 is 0 Å². The van der Waals surface area contributed by atoms with Crippen LogP contribution in [0.1, 0.15) is 21.5 Å². The van der Waals surface area contributed by atoms with Crippen LogP contribution in [0.15, 0.2) is 51.8 Å². The molecule has 1 N–H and O–H groups in total. The van der Waals surface area contributed by atoms with Crippen molar-refractivity contribution in [2.45, 2.75) is 17.6 Å². The molecule has 21 heavy (non-hydrogen) atoms. The number of halogens is 1. The van der Waals surface area contributed by atoms with Crippen molar-refractivity contribution in [2.75, 3.05) is 0 Å². The van der Waals surface area contributed by atoms with E-state index in [1.807, 2.05) is 13.0 Å². The summed E-state index contributed by atoms with van der Waals surface area (Å²) in [6.45, 7) is 1.89. The molecule has 6 heteroatoms. The number of hydrogen-bond acceptors (Lipinski definition) is 3. The monoisotopic (exact) mass is 368 g/mol. The Morgan fingerprint density at radius 2 is 1.90 bits per heavy atom. The molecule has 2 aromatic carbocycles. The van der Waals surface area contributed by atoms with Crippen LogP contribution in [0.25, 0.3) is 0 Å². The van der Waals surface area contributed by atoms with Gasteiger partial charge in [0.15, 0.2) is 9.84 Å². The van der Waals surface area contributed by atoms with Gasteiger partial charge in [0.25, 0.3) is 0 Å². The largest absolute Gasteiger partial charge is 0.478 e. The van der Waals surface area contributed by atoms with E-state index in [1.165, 1.54) is 18.2 Å². The lowest BCUT2D eigenvalue weighted by Crippen LogP contribution is -2.07. The standard InChI is InChI=1S/C15H13BrO4S/c1-10-3-2-4-11(7-10)9-21(19,20)12-5-6-14(16)13(8-12)15(17)18/h2-8H,9H2,1H3,(H,17,18). The van der Waals surface area contributed by atoms with Crippen molar-refractivity contribution in [1.82, 2.24) is 0 Å². The number of aryl methyl sites for hydroxylation is 1. The molecule has 0 aliphatic heterocycles. The van der Waals surface area contributed by atoms with Gasteiger partial charge in [-0.3, -0.25) is 0 Å². The molecule has 0 aromatic heterocycles. The Kier molecular flexibility index (Phi) is 4.49. The molecule has 0 saturated carbocycles. The Balaban J connectivity index is 2.40. The summed E-state index contributed by atoms with van der Waals surface area (Å²) in [6.07, 6.45) is 0. The van der Waals surface area contributed by atoms with E-state index in [0.717, 1.165) is 5.56 Å². The summed E-state index contributed by atoms with van der Waals surface area (Å²) in [5.41, 5.74) is 1.58. The van der Waals surface area contributed by atoms with Crippen LogP contribution < -0.4 is 0 Å². The van der Waals surface area contributed by atoms with Crippen LogP contribution in [0.3, 0.4) is 0 Å². The molecular weight excluding hydrogens is 356 g/mol. The first kappa shape index (κ1) is 15.7. The van der Waals surface area contributed by atoms with Gasteiger partial charge in [0.1, 0.15) is 0 Å². The van der Waals surface area contributed by atoms with Crippen molar-refractivity contribution in [3.63, 3.8) is 0 Å². The third kappa shape index (κ3) is 3.71. The van der Waals surface area contributed by atoms with Gasteiger partial charge in [-0.2, -0.15) is 0 Å². The summed E-state index contributed by atoms with van der Waals surface area (Å²) >= 11 is 3.10. The van der Waals surface area contributed by atoms with Gasteiger partial charge < -0.3 is 5.11 Å². The number of carboxylic acids is 1. The van der Waals surface area contributed by atoms with Gasteiger partial charge in [-0.05, 0) is 46.6 Å². The zero-order valence-corrected chi connectivity index (χ0v) is 13.6. The van der Waals surface area contributed by atoms with E-state index < -0.39 is 15.8 Å². The molecule has 110 valence electrons. The second-order valence-electron chi connectivity index (χ2n) is 4.69. The van der Waals surface area contributed by atoms with E-state index in [4.69, 9.17) is 5.11 Å². The fraction of sp³-hybridized carbons (Fsp3) is 0.133. The molecular formula is C15H13BrO4S. The Labute approximate surface area is 131 Å². The minimum absolute atomic E-state index is 0.00426. The van der Waals surface area contributed by atoms with Gasteiger partial charge in [-0.15, -0.1) is 0 Å². The maximum absolute atomic E-state index is 12.4. The molecule has 0 aliphatic carbocycles. The lowest BCUT2D eigenvalue weighted by molar-refractivity contribution is 0.0695. The maximum atomic E-state index is 12.4. The number of sulfone groups is 1. The van der Waals surface area contributed by atoms with Crippen molar-refractivity contribution in [3.8, 4) is 0 Å². The smallest absolute Gasteiger partial charge is 0.336 e. The molecule has 0 amide bonds. The van der Waals surface area contributed by atoms with Crippen molar-refractivity contribution in [3.05, 3.63) is 63.6 Å². The van der Waals surface area contributed by atoms with Gasteiger partial charge >= 0.3 is 5.97 Å². The summed E-state index contributed by atoms with van der Waals surface area (Å²) in [6, 6.07) is 11.2. The van der Waals surface area contributed by atoms with Crippen molar-refractivity contribution >= 4 is 31.7 Å². The minimum atomic E-state index is -3.59. The number of hydrogen-bond donors (Lipinski definition) is 1. The van der Waals surface area contributed by atoms with Crippen molar-refractivity contribution in [1.29, 1.82) is 0 Å². The fourth-order valence-electron chi connectivity index (χ4n) is 1.97. The van der Waals surface area contributed by atoms with Crippen LogP contribution in [0.5, 0.6) is 0 Å². The minimum Gasteiger partial charge on any atom is -0.478 e. The average Bonchev–Trinajstić information content (AvgIpc) is 2.38. The van der Waals surface area contributed by atoms with Crippen LogP contribution in [0, 0.1) is 6.92 Å². The Bertz CT molecular complexity index is 797. The van der Waals surface area contributed by atoms with Gasteiger partial charge in [0.2, 0.25) is 0 Å². The number of benzene rings is 2. The summed E-state index contributed by atoms with van der Waals surface area (Å²) in [5.74, 6) is -1.33. The SMILES string of the molecule is Cc1cccc(CS(=O)(=O)c2ccc(Br)c(C(=O)O)c2)c1. The second kappa shape index (κ2) is 5.99. The van der Waals surface area contributed by atoms with Gasteiger partial charge in [-0.1, -0.05) is 29.8 Å². The zero-order chi connectivity index (χ0) is 15.6.